The SMILES string of the molecule is COc1ccc(CNC(=O)[C@@H]2CN(Cc3ccccc3)C[C@H]2C(F)(F)F)nc1. The van der Waals surface area contributed by atoms with E-state index >= 15 is 0 Å². The quantitative estimate of drug-likeness (QED) is 0.820. The molecule has 3 rings (SSSR count). The van der Waals surface area contributed by atoms with Crippen LogP contribution in [0.1, 0.15) is 11.3 Å². The number of ether oxygens (including phenoxy) is 1. The number of hydrogen-bond donors (Lipinski definition) is 1. The zero-order valence-electron chi connectivity index (χ0n) is 15.4. The van der Waals surface area contributed by atoms with Crippen molar-refractivity contribution < 1.29 is 22.7 Å². The molecular formula is C20H22F3N3O2. The van der Waals surface area contributed by atoms with Gasteiger partial charge >= 0.3 is 6.18 Å². The van der Waals surface area contributed by atoms with E-state index in [4.69, 9.17) is 4.74 Å². The minimum atomic E-state index is -4.42. The molecule has 1 saturated heterocycles. The lowest BCUT2D eigenvalue weighted by molar-refractivity contribution is -0.183. The molecule has 0 unspecified atom stereocenters. The Hall–Kier alpha value is -2.61. The van der Waals surface area contributed by atoms with E-state index in [9.17, 15) is 18.0 Å². The molecule has 28 heavy (non-hydrogen) atoms. The van der Waals surface area contributed by atoms with Gasteiger partial charge in [0.15, 0.2) is 0 Å². The van der Waals surface area contributed by atoms with Crippen LogP contribution in [0, 0.1) is 11.8 Å². The smallest absolute Gasteiger partial charge is 0.393 e. The van der Waals surface area contributed by atoms with Gasteiger partial charge in [0.25, 0.3) is 0 Å². The lowest BCUT2D eigenvalue weighted by atomic mass is 9.94. The van der Waals surface area contributed by atoms with E-state index in [-0.39, 0.29) is 19.6 Å². The summed E-state index contributed by atoms with van der Waals surface area (Å²) in [5, 5.41) is 2.60. The Kier molecular flexibility index (Phi) is 6.18. The third-order valence-electron chi connectivity index (χ3n) is 4.88. The minimum Gasteiger partial charge on any atom is -0.495 e. The lowest BCUT2D eigenvalue weighted by Crippen LogP contribution is -2.39. The second kappa shape index (κ2) is 8.60. The van der Waals surface area contributed by atoms with Gasteiger partial charge in [-0.1, -0.05) is 30.3 Å². The molecule has 2 atom stereocenters. The van der Waals surface area contributed by atoms with Gasteiger partial charge in [0.1, 0.15) is 5.75 Å². The van der Waals surface area contributed by atoms with Crippen molar-refractivity contribution in [3.63, 3.8) is 0 Å². The summed E-state index contributed by atoms with van der Waals surface area (Å²) in [7, 11) is 1.51. The van der Waals surface area contributed by atoms with Crippen molar-refractivity contribution >= 4 is 5.91 Å². The van der Waals surface area contributed by atoms with Gasteiger partial charge in [-0.3, -0.25) is 14.7 Å². The summed E-state index contributed by atoms with van der Waals surface area (Å²) in [6.45, 7) is 0.345. The lowest BCUT2D eigenvalue weighted by Gasteiger charge is -2.20. The predicted octanol–water partition coefficient (Wildman–Crippen LogP) is 3.02. The van der Waals surface area contributed by atoms with E-state index in [1.165, 1.54) is 13.3 Å². The number of hydrogen-bond acceptors (Lipinski definition) is 4. The molecule has 1 fully saturated rings. The molecule has 1 N–H and O–H groups in total. The van der Waals surface area contributed by atoms with Crippen molar-refractivity contribution in [3.8, 4) is 5.75 Å². The summed E-state index contributed by atoms with van der Waals surface area (Å²) in [5.41, 5.74) is 1.48. The molecular weight excluding hydrogens is 371 g/mol. The highest BCUT2D eigenvalue weighted by Crippen LogP contribution is 2.38. The normalized spacial score (nSPS) is 20.1. The third kappa shape index (κ3) is 5.01. The summed E-state index contributed by atoms with van der Waals surface area (Å²) >= 11 is 0. The molecule has 0 spiro atoms. The number of benzene rings is 1. The minimum absolute atomic E-state index is 0.0704. The standard InChI is InChI=1S/C20H22F3N3O2/c1-28-16-8-7-15(24-10-16)9-25-19(27)17-12-26(13-18(17)20(21,22)23)11-14-5-3-2-4-6-14/h2-8,10,17-18H,9,11-13H2,1H3,(H,25,27)/t17-,18-/m1/s1. The van der Waals surface area contributed by atoms with Crippen molar-refractivity contribution in [2.24, 2.45) is 11.8 Å². The number of carbonyl (C=O) groups is 1. The van der Waals surface area contributed by atoms with Crippen LogP contribution < -0.4 is 10.1 Å². The number of likely N-dealkylation sites (tertiary alicyclic amines) is 1. The highest BCUT2D eigenvalue weighted by molar-refractivity contribution is 5.79. The first-order valence-corrected chi connectivity index (χ1v) is 8.96. The number of methoxy groups -OCH3 is 1. The Morgan fingerprint density at radius 1 is 1.21 bits per heavy atom. The van der Waals surface area contributed by atoms with Gasteiger partial charge in [-0.05, 0) is 17.7 Å². The van der Waals surface area contributed by atoms with Crippen molar-refractivity contribution in [3.05, 3.63) is 59.9 Å². The molecule has 1 aliphatic heterocycles. The van der Waals surface area contributed by atoms with Gasteiger partial charge in [0, 0.05) is 19.6 Å². The topological polar surface area (TPSA) is 54.5 Å². The molecule has 2 aromatic rings. The van der Waals surface area contributed by atoms with Crippen LogP contribution in [0.4, 0.5) is 13.2 Å². The number of carbonyl (C=O) groups excluding carboxylic acids is 1. The van der Waals surface area contributed by atoms with Crippen LogP contribution >= 0.6 is 0 Å². The summed E-state index contributed by atoms with van der Waals surface area (Å²) in [6.07, 6.45) is -2.93. The van der Waals surface area contributed by atoms with Gasteiger partial charge in [-0.25, -0.2) is 0 Å². The zero-order chi connectivity index (χ0) is 20.1. The maximum Gasteiger partial charge on any atom is 0.393 e. The molecule has 1 aromatic heterocycles. The fourth-order valence-electron chi connectivity index (χ4n) is 3.40. The first kappa shape index (κ1) is 20.1. The fourth-order valence-corrected chi connectivity index (χ4v) is 3.40. The number of alkyl halides is 3. The first-order valence-electron chi connectivity index (χ1n) is 8.96. The molecule has 0 saturated carbocycles. The molecule has 5 nitrogen and oxygen atoms in total. The first-order chi connectivity index (χ1) is 13.4. The Balaban J connectivity index is 1.63. The Morgan fingerprint density at radius 2 is 1.96 bits per heavy atom. The van der Waals surface area contributed by atoms with E-state index in [1.54, 1.807) is 17.0 Å². The Morgan fingerprint density at radius 3 is 2.57 bits per heavy atom. The second-order valence-corrected chi connectivity index (χ2v) is 6.84. The van der Waals surface area contributed by atoms with E-state index in [0.29, 0.717) is 18.0 Å². The van der Waals surface area contributed by atoms with Crippen molar-refractivity contribution in [1.82, 2.24) is 15.2 Å². The largest absolute Gasteiger partial charge is 0.495 e. The fraction of sp³-hybridized carbons (Fsp3) is 0.400. The zero-order valence-corrected chi connectivity index (χ0v) is 15.4. The van der Waals surface area contributed by atoms with Gasteiger partial charge < -0.3 is 10.1 Å². The van der Waals surface area contributed by atoms with Gasteiger partial charge in [0.05, 0.1) is 37.4 Å². The van der Waals surface area contributed by atoms with Crippen LogP contribution in [0.2, 0.25) is 0 Å². The number of nitrogens with zero attached hydrogens (tertiary/aromatic N) is 2. The predicted molar refractivity (Wildman–Crippen MR) is 97.4 cm³/mol. The molecule has 8 heteroatoms. The Bertz CT molecular complexity index is 782. The highest BCUT2D eigenvalue weighted by atomic mass is 19.4. The number of amides is 1. The average molecular weight is 393 g/mol. The van der Waals surface area contributed by atoms with Crippen LogP contribution in [0.3, 0.4) is 0 Å². The van der Waals surface area contributed by atoms with Gasteiger partial charge in [0.2, 0.25) is 5.91 Å². The summed E-state index contributed by atoms with van der Waals surface area (Å²) in [5.74, 6) is -2.85. The second-order valence-electron chi connectivity index (χ2n) is 6.84. The Labute approximate surface area is 161 Å². The molecule has 0 radical (unpaired) electrons. The summed E-state index contributed by atoms with van der Waals surface area (Å²) in [4.78, 5) is 18.3. The summed E-state index contributed by atoms with van der Waals surface area (Å²) < 4.78 is 45.5. The molecule has 150 valence electrons. The van der Waals surface area contributed by atoms with Crippen molar-refractivity contribution in [1.29, 1.82) is 0 Å². The van der Waals surface area contributed by atoms with Gasteiger partial charge in [-0.2, -0.15) is 13.2 Å². The maximum absolute atomic E-state index is 13.5. The third-order valence-corrected chi connectivity index (χ3v) is 4.88. The van der Waals surface area contributed by atoms with Crippen LogP contribution in [-0.2, 0) is 17.9 Å². The molecule has 0 aliphatic carbocycles. The highest BCUT2D eigenvalue weighted by Gasteiger charge is 2.52. The molecule has 1 amide bonds. The molecule has 1 aliphatic rings. The van der Waals surface area contributed by atoms with E-state index < -0.39 is 23.9 Å². The van der Waals surface area contributed by atoms with E-state index in [0.717, 1.165) is 5.56 Å². The van der Waals surface area contributed by atoms with Crippen LogP contribution in [0.25, 0.3) is 0 Å². The number of halogens is 3. The number of rotatable bonds is 6. The average Bonchev–Trinajstić information content (AvgIpc) is 3.12. The van der Waals surface area contributed by atoms with Crippen LogP contribution in [0.5, 0.6) is 5.75 Å². The van der Waals surface area contributed by atoms with E-state index in [2.05, 4.69) is 10.3 Å². The number of aromatic nitrogens is 1. The van der Waals surface area contributed by atoms with Crippen molar-refractivity contribution in [2.45, 2.75) is 19.3 Å². The van der Waals surface area contributed by atoms with Gasteiger partial charge in [-0.15, -0.1) is 0 Å². The summed E-state index contributed by atoms with van der Waals surface area (Å²) in [6, 6.07) is 12.6. The molecule has 0 bridgehead atoms. The molecule has 1 aromatic carbocycles. The number of nitrogens with one attached hydrogen (secondary N) is 1. The van der Waals surface area contributed by atoms with Crippen molar-refractivity contribution in [2.75, 3.05) is 20.2 Å². The monoisotopic (exact) mass is 393 g/mol. The van der Waals surface area contributed by atoms with Crippen LogP contribution in [-0.4, -0.2) is 42.2 Å². The van der Waals surface area contributed by atoms with Crippen LogP contribution in [0.15, 0.2) is 48.7 Å². The maximum atomic E-state index is 13.5. The molecule has 2 heterocycles. The van der Waals surface area contributed by atoms with E-state index in [1.807, 2.05) is 30.3 Å². The number of pyridine rings is 1.